The van der Waals surface area contributed by atoms with Gasteiger partial charge in [-0.1, -0.05) is 25.3 Å². The first-order chi connectivity index (χ1) is 9.28. The van der Waals surface area contributed by atoms with E-state index in [1.165, 1.54) is 12.4 Å². The average molecular weight is 296 g/mol. The molecule has 1 aromatic rings. The van der Waals surface area contributed by atoms with E-state index >= 15 is 0 Å². The molecule has 0 aliphatic heterocycles. The zero-order valence-corrected chi connectivity index (χ0v) is 12.8. The number of amides is 1. The van der Waals surface area contributed by atoms with Crippen LogP contribution in [0.2, 0.25) is 19.6 Å². The summed E-state index contributed by atoms with van der Waals surface area (Å²) in [6, 6.07) is -0.917. The number of hydrogen-bond acceptors (Lipinski definition) is 4. The molecule has 4 N–H and O–H groups in total. The molecular formula is C12H20N4O3Si. The first-order valence-electron chi connectivity index (χ1n) is 6.23. The van der Waals surface area contributed by atoms with Crippen molar-refractivity contribution >= 4 is 20.0 Å². The number of aliphatic carboxylic acids is 1. The predicted molar refractivity (Wildman–Crippen MR) is 77.5 cm³/mol. The lowest BCUT2D eigenvalue weighted by molar-refractivity contribution is -0.140. The third-order valence-electron chi connectivity index (χ3n) is 2.38. The third kappa shape index (κ3) is 6.30. The normalized spacial score (nSPS) is 13.3. The van der Waals surface area contributed by atoms with Crippen LogP contribution in [0.25, 0.3) is 0 Å². The summed E-state index contributed by atoms with van der Waals surface area (Å²) in [7, 11) is -1.45. The molecule has 1 rings (SSSR count). The molecule has 0 bridgehead atoms. The van der Waals surface area contributed by atoms with Crippen molar-refractivity contribution in [3.63, 3.8) is 0 Å². The number of nitrogens with zero attached hydrogens (tertiary/aromatic N) is 1. The highest BCUT2D eigenvalue weighted by molar-refractivity contribution is 6.81. The fourth-order valence-corrected chi connectivity index (χ4v) is 1.99. The Balaban J connectivity index is 2.49. The van der Waals surface area contributed by atoms with Crippen LogP contribution in [-0.4, -0.2) is 41.1 Å². The summed E-state index contributed by atoms with van der Waals surface area (Å²) in [5.41, 5.74) is 7.45. The van der Waals surface area contributed by atoms with E-state index in [9.17, 15) is 9.59 Å². The van der Waals surface area contributed by atoms with Gasteiger partial charge in [-0.25, -0.2) is 10.4 Å². The Kier molecular flexibility index (Phi) is 5.65. The lowest BCUT2D eigenvalue weighted by Gasteiger charge is -2.14. The Morgan fingerprint density at radius 1 is 1.50 bits per heavy atom. The van der Waals surface area contributed by atoms with Crippen molar-refractivity contribution in [2.75, 3.05) is 0 Å². The molecular weight excluding hydrogens is 276 g/mol. The molecule has 0 aromatic carbocycles. The molecule has 1 aromatic heterocycles. The largest absolute Gasteiger partial charge is 0.480 e. The number of carbonyl (C=O) groups excluding carboxylic acids is 1. The quantitative estimate of drug-likeness (QED) is 0.332. The van der Waals surface area contributed by atoms with Crippen LogP contribution in [0.15, 0.2) is 24.3 Å². The maximum Gasteiger partial charge on any atom is 0.322 e. The molecule has 0 radical (unpaired) electrons. The number of rotatable bonds is 7. The topological polar surface area (TPSA) is 107 Å². The standard InChI is InChI=1S/C12H20N4O3Si/c1-20(2,3)5-4-11(17)16-15-10(12(18)19)6-9-7-13-8-14-9/h4-5,7-8,10,15H,6H2,1-3H3,(H,13,14)(H,16,17)(H,18,19)/t10-/m0/s1. The van der Waals surface area contributed by atoms with Crippen LogP contribution in [0.1, 0.15) is 5.69 Å². The van der Waals surface area contributed by atoms with Crippen LogP contribution < -0.4 is 10.9 Å². The van der Waals surface area contributed by atoms with Crippen molar-refractivity contribution in [2.24, 2.45) is 0 Å². The van der Waals surface area contributed by atoms with Crippen molar-refractivity contribution in [2.45, 2.75) is 32.1 Å². The highest BCUT2D eigenvalue weighted by Crippen LogP contribution is 2.01. The number of carbonyl (C=O) groups is 2. The van der Waals surface area contributed by atoms with E-state index in [1.54, 1.807) is 6.20 Å². The summed E-state index contributed by atoms with van der Waals surface area (Å²) in [5, 5.41) is 9.08. The van der Waals surface area contributed by atoms with Gasteiger partial charge in [0.05, 0.1) is 14.4 Å². The highest BCUT2D eigenvalue weighted by atomic mass is 28.3. The molecule has 0 spiro atoms. The summed E-state index contributed by atoms with van der Waals surface area (Å²) >= 11 is 0. The van der Waals surface area contributed by atoms with Crippen molar-refractivity contribution in [3.05, 3.63) is 30.0 Å². The van der Waals surface area contributed by atoms with Crippen molar-refractivity contribution in [3.8, 4) is 0 Å². The molecule has 0 unspecified atom stereocenters. The van der Waals surface area contributed by atoms with Gasteiger partial charge in [0.2, 0.25) is 0 Å². The first-order valence-corrected chi connectivity index (χ1v) is 9.80. The summed E-state index contributed by atoms with van der Waals surface area (Å²) in [4.78, 5) is 29.3. The zero-order valence-electron chi connectivity index (χ0n) is 11.8. The summed E-state index contributed by atoms with van der Waals surface area (Å²) in [6.07, 6.45) is 4.66. The van der Waals surface area contributed by atoms with E-state index in [0.717, 1.165) is 0 Å². The van der Waals surface area contributed by atoms with Crippen molar-refractivity contribution in [1.82, 2.24) is 20.8 Å². The SMILES string of the molecule is C[Si](C)(C)C=CC(=O)NN[C@@H](Cc1cnc[nH]1)C(=O)O. The minimum Gasteiger partial charge on any atom is -0.480 e. The maximum absolute atomic E-state index is 11.6. The number of aromatic amines is 1. The van der Waals surface area contributed by atoms with E-state index in [4.69, 9.17) is 5.11 Å². The molecule has 20 heavy (non-hydrogen) atoms. The summed E-state index contributed by atoms with van der Waals surface area (Å²) in [6.45, 7) is 6.30. The van der Waals surface area contributed by atoms with Gasteiger partial charge in [-0.15, -0.1) is 0 Å². The van der Waals surface area contributed by atoms with Gasteiger partial charge < -0.3 is 10.1 Å². The molecule has 0 saturated carbocycles. The average Bonchev–Trinajstić information content (AvgIpc) is 2.83. The number of carboxylic acids is 1. The number of hydrazine groups is 1. The second-order valence-corrected chi connectivity index (χ2v) is 10.6. The van der Waals surface area contributed by atoms with Gasteiger partial charge in [0, 0.05) is 18.3 Å². The van der Waals surface area contributed by atoms with Crippen molar-refractivity contribution in [1.29, 1.82) is 0 Å². The van der Waals surface area contributed by atoms with Crippen LogP contribution >= 0.6 is 0 Å². The molecule has 0 aliphatic rings. The van der Waals surface area contributed by atoms with E-state index in [2.05, 4.69) is 40.5 Å². The molecule has 1 amide bonds. The number of imidazole rings is 1. The Bertz CT molecular complexity index is 479. The van der Waals surface area contributed by atoms with Gasteiger partial charge in [0.15, 0.2) is 0 Å². The molecule has 1 atom stereocenters. The summed E-state index contributed by atoms with van der Waals surface area (Å²) in [5.74, 6) is -1.41. The molecule has 8 heteroatoms. The number of H-pyrrole nitrogens is 1. The number of hydrogen-bond donors (Lipinski definition) is 4. The Morgan fingerprint density at radius 3 is 2.70 bits per heavy atom. The van der Waals surface area contributed by atoms with Crippen molar-refractivity contribution < 1.29 is 14.7 Å². The second kappa shape index (κ2) is 7.01. The third-order valence-corrected chi connectivity index (χ3v) is 3.55. The fraction of sp³-hybridized carbons (Fsp3) is 0.417. The van der Waals surface area contributed by atoms with Crippen LogP contribution in [0.3, 0.4) is 0 Å². The first kappa shape index (κ1) is 16.1. The predicted octanol–water partition coefficient (Wildman–Crippen LogP) is 0.460. The lowest BCUT2D eigenvalue weighted by Crippen LogP contribution is -2.48. The second-order valence-electron chi connectivity index (χ2n) is 5.50. The summed E-state index contributed by atoms with van der Waals surface area (Å²) < 4.78 is 0. The minimum absolute atomic E-state index is 0.202. The molecule has 7 nitrogen and oxygen atoms in total. The van der Waals surface area contributed by atoms with Crippen LogP contribution in [0, 0.1) is 0 Å². The van der Waals surface area contributed by atoms with Gasteiger partial charge in [-0.2, -0.15) is 0 Å². The minimum atomic E-state index is -1.45. The van der Waals surface area contributed by atoms with E-state index in [-0.39, 0.29) is 12.3 Å². The number of carboxylic acid groups (broad SMARTS) is 1. The zero-order chi connectivity index (χ0) is 15.2. The van der Waals surface area contributed by atoms with Crippen LogP contribution in [0.5, 0.6) is 0 Å². The number of nitrogens with one attached hydrogen (secondary N) is 3. The van der Waals surface area contributed by atoms with Gasteiger partial charge in [-0.05, 0) is 6.08 Å². The molecule has 1 heterocycles. The van der Waals surface area contributed by atoms with Crippen LogP contribution in [0.4, 0.5) is 0 Å². The monoisotopic (exact) mass is 296 g/mol. The van der Waals surface area contributed by atoms with E-state index in [0.29, 0.717) is 5.69 Å². The molecule has 0 fully saturated rings. The van der Waals surface area contributed by atoms with E-state index in [1.807, 2.05) is 5.70 Å². The Hall–Kier alpha value is -1.93. The molecule has 0 aliphatic carbocycles. The van der Waals surface area contributed by atoms with Gasteiger partial charge in [0.1, 0.15) is 6.04 Å². The lowest BCUT2D eigenvalue weighted by atomic mass is 10.2. The number of aromatic nitrogens is 2. The molecule has 0 saturated heterocycles. The van der Waals surface area contributed by atoms with Crippen LogP contribution in [-0.2, 0) is 16.0 Å². The van der Waals surface area contributed by atoms with Gasteiger partial charge in [0.25, 0.3) is 5.91 Å². The smallest absolute Gasteiger partial charge is 0.322 e. The maximum atomic E-state index is 11.6. The Morgan fingerprint density at radius 2 is 2.20 bits per heavy atom. The fourth-order valence-electron chi connectivity index (χ4n) is 1.34. The Labute approximate surface area is 118 Å². The van der Waals surface area contributed by atoms with E-state index < -0.39 is 20.1 Å². The van der Waals surface area contributed by atoms with Gasteiger partial charge in [-0.3, -0.25) is 15.0 Å². The van der Waals surface area contributed by atoms with Gasteiger partial charge >= 0.3 is 5.97 Å². The molecule has 110 valence electrons. The highest BCUT2D eigenvalue weighted by Gasteiger charge is 2.18.